The van der Waals surface area contributed by atoms with Gasteiger partial charge in [0.1, 0.15) is 0 Å². The van der Waals surface area contributed by atoms with E-state index in [1.165, 1.54) is 0 Å². The smallest absolute Gasteiger partial charge is 0.317 e. The maximum Gasteiger partial charge on any atom is 0.317 e. The number of nitrogens with one attached hydrogen (secondary N) is 1. The number of hydrogen-bond acceptors (Lipinski definition) is 5. The summed E-state index contributed by atoms with van der Waals surface area (Å²) in [5, 5.41) is 6.84. The Kier molecular flexibility index (Phi) is 4.10. The van der Waals surface area contributed by atoms with E-state index >= 15 is 0 Å². The van der Waals surface area contributed by atoms with Gasteiger partial charge in [-0.15, -0.1) is 0 Å². The third-order valence-electron chi connectivity index (χ3n) is 4.53. The molecule has 3 rings (SSSR count). The van der Waals surface area contributed by atoms with Crippen molar-refractivity contribution in [1.82, 2.24) is 25.3 Å². The number of nitrogens with zero attached hydrogens (tertiary/aromatic N) is 4. The van der Waals surface area contributed by atoms with Crippen LogP contribution in [-0.2, 0) is 6.42 Å². The van der Waals surface area contributed by atoms with Crippen LogP contribution in [0.25, 0.3) is 0 Å². The van der Waals surface area contributed by atoms with Crippen molar-refractivity contribution in [3.63, 3.8) is 0 Å². The molecule has 21 heavy (non-hydrogen) atoms. The van der Waals surface area contributed by atoms with Crippen LogP contribution in [0.5, 0.6) is 0 Å². The van der Waals surface area contributed by atoms with Crippen LogP contribution in [0.1, 0.15) is 44.4 Å². The molecule has 1 unspecified atom stereocenters. The lowest BCUT2D eigenvalue weighted by atomic mass is 10.0. The zero-order valence-electron chi connectivity index (χ0n) is 12.7. The molecule has 1 aromatic heterocycles. The largest absolute Gasteiger partial charge is 0.338 e. The predicted octanol–water partition coefficient (Wildman–Crippen LogP) is 1.18. The maximum absolute atomic E-state index is 11.7. The summed E-state index contributed by atoms with van der Waals surface area (Å²) >= 11 is 0. The standard InChI is InChI=1S/C14H23N5O2/c1-3-12-16-13(21-17-12)10(2)18-7-4-11(5-8-18)19-9-6-15-14(19)20/h10-11H,3-9H2,1-2H3,(H,15,20). The highest BCUT2D eigenvalue weighted by Crippen LogP contribution is 2.25. The first-order valence-corrected chi connectivity index (χ1v) is 7.80. The normalized spacial score (nSPS) is 22.6. The van der Waals surface area contributed by atoms with Crippen molar-refractivity contribution in [2.75, 3.05) is 26.2 Å². The second-order valence-electron chi connectivity index (χ2n) is 5.77. The van der Waals surface area contributed by atoms with Crippen LogP contribution in [0.4, 0.5) is 4.79 Å². The summed E-state index contributed by atoms with van der Waals surface area (Å²) in [6.07, 6.45) is 2.81. The Morgan fingerprint density at radius 3 is 2.71 bits per heavy atom. The summed E-state index contributed by atoms with van der Waals surface area (Å²) in [6.45, 7) is 7.65. The summed E-state index contributed by atoms with van der Waals surface area (Å²) in [7, 11) is 0. The number of rotatable bonds is 4. The average molecular weight is 293 g/mol. The fourth-order valence-corrected chi connectivity index (χ4v) is 3.16. The average Bonchev–Trinajstić information content (AvgIpc) is 3.15. The number of piperidine rings is 1. The van der Waals surface area contributed by atoms with E-state index in [0.717, 1.165) is 51.3 Å². The van der Waals surface area contributed by atoms with Gasteiger partial charge < -0.3 is 14.7 Å². The van der Waals surface area contributed by atoms with Crippen molar-refractivity contribution in [2.45, 2.75) is 45.2 Å². The van der Waals surface area contributed by atoms with E-state index in [1.54, 1.807) is 0 Å². The summed E-state index contributed by atoms with van der Waals surface area (Å²) in [5.74, 6) is 1.46. The predicted molar refractivity (Wildman–Crippen MR) is 76.8 cm³/mol. The fourth-order valence-electron chi connectivity index (χ4n) is 3.16. The summed E-state index contributed by atoms with van der Waals surface area (Å²) in [5.41, 5.74) is 0. The van der Waals surface area contributed by atoms with Crippen molar-refractivity contribution in [1.29, 1.82) is 0 Å². The quantitative estimate of drug-likeness (QED) is 0.902. The molecule has 0 saturated carbocycles. The lowest BCUT2D eigenvalue weighted by Crippen LogP contribution is -2.46. The SMILES string of the molecule is CCc1noc(C(C)N2CCC(N3CCNC3=O)CC2)n1. The van der Waals surface area contributed by atoms with E-state index in [0.29, 0.717) is 11.9 Å². The van der Waals surface area contributed by atoms with Crippen LogP contribution in [0.2, 0.25) is 0 Å². The molecule has 2 saturated heterocycles. The zero-order valence-corrected chi connectivity index (χ0v) is 12.7. The monoisotopic (exact) mass is 293 g/mol. The molecular weight excluding hydrogens is 270 g/mol. The molecule has 0 radical (unpaired) electrons. The Hall–Kier alpha value is -1.63. The van der Waals surface area contributed by atoms with Crippen LogP contribution in [0, 0.1) is 0 Å². The number of amides is 2. The molecule has 0 spiro atoms. The molecular formula is C14H23N5O2. The van der Waals surface area contributed by atoms with Crippen molar-refractivity contribution >= 4 is 6.03 Å². The van der Waals surface area contributed by atoms with Gasteiger partial charge in [0.2, 0.25) is 5.89 Å². The Morgan fingerprint density at radius 2 is 2.14 bits per heavy atom. The number of hydrogen-bond donors (Lipinski definition) is 1. The van der Waals surface area contributed by atoms with Crippen molar-refractivity contribution in [3.8, 4) is 0 Å². The lowest BCUT2D eigenvalue weighted by molar-refractivity contribution is 0.0981. The number of aryl methyl sites for hydroxylation is 1. The van der Waals surface area contributed by atoms with Crippen molar-refractivity contribution in [2.24, 2.45) is 0 Å². The second kappa shape index (κ2) is 6.01. The van der Waals surface area contributed by atoms with E-state index in [1.807, 2.05) is 11.8 Å². The summed E-state index contributed by atoms with van der Waals surface area (Å²) in [6, 6.07) is 0.599. The van der Waals surface area contributed by atoms with Crippen molar-refractivity contribution < 1.29 is 9.32 Å². The van der Waals surface area contributed by atoms with Crippen LogP contribution in [-0.4, -0.2) is 58.2 Å². The van der Waals surface area contributed by atoms with Gasteiger partial charge in [-0.05, 0) is 19.8 Å². The van der Waals surface area contributed by atoms with Crippen LogP contribution < -0.4 is 5.32 Å². The molecule has 0 bridgehead atoms. The molecule has 2 aliphatic rings. The zero-order chi connectivity index (χ0) is 14.8. The van der Waals surface area contributed by atoms with Gasteiger partial charge in [-0.1, -0.05) is 12.1 Å². The van der Waals surface area contributed by atoms with Crippen LogP contribution >= 0.6 is 0 Å². The van der Waals surface area contributed by atoms with Gasteiger partial charge in [-0.2, -0.15) is 4.98 Å². The highest BCUT2D eigenvalue weighted by atomic mass is 16.5. The van der Waals surface area contributed by atoms with Gasteiger partial charge in [0.15, 0.2) is 5.82 Å². The van der Waals surface area contributed by atoms with Crippen LogP contribution in [0.3, 0.4) is 0 Å². The topological polar surface area (TPSA) is 74.5 Å². The molecule has 2 amide bonds. The van der Waals surface area contributed by atoms with Crippen molar-refractivity contribution in [3.05, 3.63) is 11.7 Å². The minimum atomic E-state index is 0.0889. The van der Waals surface area contributed by atoms with Crippen LogP contribution in [0.15, 0.2) is 4.52 Å². The summed E-state index contributed by atoms with van der Waals surface area (Å²) < 4.78 is 5.34. The molecule has 0 aromatic carbocycles. The number of urea groups is 1. The lowest BCUT2D eigenvalue weighted by Gasteiger charge is -2.37. The molecule has 7 nitrogen and oxygen atoms in total. The van der Waals surface area contributed by atoms with Gasteiger partial charge in [0, 0.05) is 38.6 Å². The van der Waals surface area contributed by atoms with E-state index in [2.05, 4.69) is 27.3 Å². The third kappa shape index (κ3) is 2.88. The fraction of sp³-hybridized carbons (Fsp3) is 0.786. The molecule has 116 valence electrons. The Labute approximate surface area is 124 Å². The molecule has 2 aliphatic heterocycles. The van der Waals surface area contributed by atoms with E-state index in [-0.39, 0.29) is 12.1 Å². The van der Waals surface area contributed by atoms with Gasteiger partial charge >= 0.3 is 6.03 Å². The Bertz CT molecular complexity index is 495. The Balaban J connectivity index is 1.56. The highest BCUT2D eigenvalue weighted by Gasteiger charge is 2.33. The first-order chi connectivity index (χ1) is 10.2. The van der Waals surface area contributed by atoms with E-state index in [4.69, 9.17) is 4.52 Å². The third-order valence-corrected chi connectivity index (χ3v) is 4.53. The molecule has 1 N–H and O–H groups in total. The second-order valence-corrected chi connectivity index (χ2v) is 5.77. The van der Waals surface area contributed by atoms with Gasteiger partial charge in [-0.25, -0.2) is 4.79 Å². The van der Waals surface area contributed by atoms with Gasteiger partial charge in [-0.3, -0.25) is 4.90 Å². The number of carbonyl (C=O) groups is 1. The van der Waals surface area contributed by atoms with Gasteiger partial charge in [0.05, 0.1) is 6.04 Å². The van der Waals surface area contributed by atoms with Gasteiger partial charge in [0.25, 0.3) is 0 Å². The first kappa shape index (κ1) is 14.3. The molecule has 2 fully saturated rings. The van der Waals surface area contributed by atoms with E-state index in [9.17, 15) is 4.79 Å². The molecule has 1 aromatic rings. The number of likely N-dealkylation sites (tertiary alicyclic amines) is 1. The molecule has 1 atom stereocenters. The minimum absolute atomic E-state index is 0.0889. The molecule has 3 heterocycles. The Morgan fingerprint density at radius 1 is 1.38 bits per heavy atom. The highest BCUT2D eigenvalue weighted by molar-refractivity contribution is 5.76. The van der Waals surface area contributed by atoms with E-state index < -0.39 is 0 Å². The number of carbonyl (C=O) groups excluding carboxylic acids is 1. The minimum Gasteiger partial charge on any atom is -0.338 e. The first-order valence-electron chi connectivity index (χ1n) is 7.80. The maximum atomic E-state index is 11.7. The molecule has 7 heteroatoms. The molecule has 0 aliphatic carbocycles. The summed E-state index contributed by atoms with van der Waals surface area (Å²) in [4.78, 5) is 20.5. The number of aromatic nitrogens is 2.